The minimum absolute atomic E-state index is 0.193. The van der Waals surface area contributed by atoms with Gasteiger partial charge in [-0.05, 0) is 40.0 Å². The van der Waals surface area contributed by atoms with Crippen molar-refractivity contribution < 1.29 is 4.92 Å². The number of nitro benzene ring substituents is 1. The molecule has 19 heavy (non-hydrogen) atoms. The molecule has 5 heteroatoms. The maximum Gasteiger partial charge on any atom is 0.272 e. The zero-order chi connectivity index (χ0) is 14.2. The Morgan fingerprint density at radius 3 is 2.53 bits per heavy atom. The van der Waals surface area contributed by atoms with Crippen molar-refractivity contribution in [1.29, 1.82) is 0 Å². The van der Waals surface area contributed by atoms with Crippen molar-refractivity contribution in [2.24, 2.45) is 0 Å². The third-order valence-corrected chi connectivity index (χ3v) is 4.01. The molecule has 1 aromatic carbocycles. The van der Waals surface area contributed by atoms with Crippen LogP contribution in [0.15, 0.2) is 18.2 Å². The fourth-order valence-electron chi connectivity index (χ4n) is 2.68. The molecule has 0 saturated carbocycles. The van der Waals surface area contributed by atoms with Crippen LogP contribution in [0.5, 0.6) is 0 Å². The van der Waals surface area contributed by atoms with E-state index in [1.54, 1.807) is 13.0 Å². The topological polar surface area (TPSA) is 49.6 Å². The second-order valence-corrected chi connectivity index (χ2v) is 5.52. The molecule has 0 N–H and O–H groups in total. The molecule has 0 spiro atoms. The number of nitrogens with zero attached hydrogens (tertiary/aromatic N) is 3. The number of likely N-dealkylation sites (N-methyl/N-ethyl adjacent to an activating group) is 1. The molecule has 0 bridgehead atoms. The number of hydrogen-bond donors (Lipinski definition) is 0. The Morgan fingerprint density at radius 1 is 1.26 bits per heavy atom. The Balaban J connectivity index is 2.27. The molecule has 0 radical (unpaired) electrons. The third kappa shape index (κ3) is 2.71. The number of aryl methyl sites for hydroxylation is 1. The minimum Gasteiger partial charge on any atom is -0.366 e. The smallest absolute Gasteiger partial charge is 0.272 e. The molecule has 1 aliphatic rings. The van der Waals surface area contributed by atoms with Crippen molar-refractivity contribution in [3.05, 3.63) is 33.9 Å². The number of hydrogen-bond acceptors (Lipinski definition) is 4. The van der Waals surface area contributed by atoms with Gasteiger partial charge in [0.1, 0.15) is 0 Å². The highest BCUT2D eigenvalue weighted by Crippen LogP contribution is 2.27. The van der Waals surface area contributed by atoms with Crippen LogP contribution < -0.4 is 4.90 Å². The third-order valence-electron chi connectivity index (χ3n) is 4.01. The van der Waals surface area contributed by atoms with Crippen molar-refractivity contribution in [2.45, 2.75) is 32.9 Å². The zero-order valence-corrected chi connectivity index (χ0v) is 12.0. The highest BCUT2D eigenvalue weighted by Gasteiger charge is 2.27. The molecule has 1 saturated heterocycles. The summed E-state index contributed by atoms with van der Waals surface area (Å²) in [4.78, 5) is 15.2. The van der Waals surface area contributed by atoms with E-state index in [2.05, 4.69) is 30.7 Å². The van der Waals surface area contributed by atoms with Gasteiger partial charge in [-0.1, -0.05) is 0 Å². The van der Waals surface area contributed by atoms with Crippen LogP contribution in [0.1, 0.15) is 19.4 Å². The van der Waals surface area contributed by atoms with Crippen LogP contribution in [-0.2, 0) is 0 Å². The standard InChI is InChI=1S/C14H21N3O2/c1-10-7-13(5-6-14(10)17(18)19)16-9-11(2)15(4)8-12(16)3/h5-7,11-12H,8-9H2,1-4H3/t11-,12-/m0/s1. The van der Waals surface area contributed by atoms with Crippen LogP contribution in [0.25, 0.3) is 0 Å². The number of nitro groups is 1. The van der Waals surface area contributed by atoms with Gasteiger partial charge < -0.3 is 4.90 Å². The highest BCUT2D eigenvalue weighted by atomic mass is 16.6. The fourth-order valence-corrected chi connectivity index (χ4v) is 2.68. The van der Waals surface area contributed by atoms with Crippen molar-refractivity contribution in [3.63, 3.8) is 0 Å². The van der Waals surface area contributed by atoms with Crippen molar-refractivity contribution in [1.82, 2.24) is 4.90 Å². The number of anilines is 1. The molecule has 1 aromatic rings. The van der Waals surface area contributed by atoms with E-state index in [1.165, 1.54) is 0 Å². The second-order valence-electron chi connectivity index (χ2n) is 5.52. The molecule has 5 nitrogen and oxygen atoms in total. The lowest BCUT2D eigenvalue weighted by molar-refractivity contribution is -0.385. The van der Waals surface area contributed by atoms with E-state index in [-0.39, 0.29) is 10.6 Å². The monoisotopic (exact) mass is 263 g/mol. The Morgan fingerprint density at radius 2 is 1.95 bits per heavy atom. The van der Waals surface area contributed by atoms with Gasteiger partial charge >= 0.3 is 0 Å². The van der Waals surface area contributed by atoms with Crippen molar-refractivity contribution in [2.75, 3.05) is 25.0 Å². The molecular formula is C14H21N3O2. The summed E-state index contributed by atoms with van der Waals surface area (Å²) < 4.78 is 0. The van der Waals surface area contributed by atoms with Gasteiger partial charge in [0.25, 0.3) is 5.69 Å². The molecule has 0 aromatic heterocycles. The summed E-state index contributed by atoms with van der Waals surface area (Å²) in [5.74, 6) is 0. The van der Waals surface area contributed by atoms with E-state index in [4.69, 9.17) is 0 Å². The van der Waals surface area contributed by atoms with Gasteiger partial charge in [-0.25, -0.2) is 0 Å². The predicted molar refractivity (Wildman–Crippen MR) is 76.7 cm³/mol. The lowest BCUT2D eigenvalue weighted by atomic mass is 10.1. The molecular weight excluding hydrogens is 242 g/mol. The second kappa shape index (κ2) is 5.17. The van der Waals surface area contributed by atoms with Gasteiger partial charge in [-0.3, -0.25) is 15.0 Å². The van der Waals surface area contributed by atoms with Crippen LogP contribution in [-0.4, -0.2) is 42.0 Å². The highest BCUT2D eigenvalue weighted by molar-refractivity contribution is 5.56. The lowest BCUT2D eigenvalue weighted by Crippen LogP contribution is -2.55. The Kier molecular flexibility index (Phi) is 3.75. The Labute approximate surface area is 114 Å². The number of benzene rings is 1. The first-order valence-electron chi connectivity index (χ1n) is 6.62. The molecule has 0 aliphatic carbocycles. The Bertz CT molecular complexity index is 490. The fraction of sp³-hybridized carbons (Fsp3) is 0.571. The normalized spacial score (nSPS) is 24.5. The predicted octanol–water partition coefficient (Wildman–Crippen LogP) is 2.43. The van der Waals surface area contributed by atoms with Gasteiger partial charge in [-0.2, -0.15) is 0 Å². The van der Waals surface area contributed by atoms with Crippen LogP contribution in [0, 0.1) is 17.0 Å². The van der Waals surface area contributed by atoms with Gasteiger partial charge in [0, 0.05) is 42.5 Å². The van der Waals surface area contributed by atoms with Crippen molar-refractivity contribution >= 4 is 11.4 Å². The van der Waals surface area contributed by atoms with Crippen LogP contribution in [0.2, 0.25) is 0 Å². The zero-order valence-electron chi connectivity index (χ0n) is 12.0. The SMILES string of the molecule is Cc1cc(N2C[C@H](C)N(C)C[C@@H]2C)ccc1[N+](=O)[O-]. The molecule has 1 heterocycles. The van der Waals surface area contributed by atoms with Crippen LogP contribution >= 0.6 is 0 Å². The summed E-state index contributed by atoms with van der Waals surface area (Å²) in [5.41, 5.74) is 2.00. The average Bonchev–Trinajstić information content (AvgIpc) is 2.33. The average molecular weight is 263 g/mol. The van der Waals surface area contributed by atoms with Gasteiger partial charge in [-0.15, -0.1) is 0 Å². The summed E-state index contributed by atoms with van der Waals surface area (Å²) >= 11 is 0. The van der Waals surface area contributed by atoms with E-state index < -0.39 is 0 Å². The van der Waals surface area contributed by atoms with E-state index in [1.807, 2.05) is 12.1 Å². The first-order valence-corrected chi connectivity index (χ1v) is 6.62. The molecule has 2 atom stereocenters. The van der Waals surface area contributed by atoms with Crippen molar-refractivity contribution in [3.8, 4) is 0 Å². The summed E-state index contributed by atoms with van der Waals surface area (Å²) in [6, 6.07) is 6.31. The van der Waals surface area contributed by atoms with Gasteiger partial charge in [0.2, 0.25) is 0 Å². The maximum atomic E-state index is 10.9. The summed E-state index contributed by atoms with van der Waals surface area (Å²) in [5, 5.41) is 10.9. The first-order chi connectivity index (χ1) is 8.90. The number of rotatable bonds is 2. The first kappa shape index (κ1) is 13.8. The largest absolute Gasteiger partial charge is 0.366 e. The summed E-state index contributed by atoms with van der Waals surface area (Å²) in [7, 11) is 2.14. The summed E-state index contributed by atoms with van der Waals surface area (Å²) in [6.45, 7) is 8.16. The molecule has 2 rings (SSSR count). The van der Waals surface area contributed by atoms with Gasteiger partial charge in [0.15, 0.2) is 0 Å². The maximum absolute atomic E-state index is 10.9. The summed E-state index contributed by atoms with van der Waals surface area (Å²) in [6.07, 6.45) is 0. The molecule has 0 unspecified atom stereocenters. The molecule has 1 aliphatic heterocycles. The molecule has 0 amide bonds. The van der Waals surface area contributed by atoms with E-state index in [9.17, 15) is 10.1 Å². The number of piperazine rings is 1. The molecule has 1 fully saturated rings. The van der Waals surface area contributed by atoms with Crippen LogP contribution in [0.3, 0.4) is 0 Å². The van der Waals surface area contributed by atoms with Gasteiger partial charge in [0.05, 0.1) is 4.92 Å². The van der Waals surface area contributed by atoms with E-state index in [0.29, 0.717) is 12.1 Å². The quantitative estimate of drug-likeness (QED) is 0.607. The van der Waals surface area contributed by atoms with E-state index in [0.717, 1.165) is 24.3 Å². The Hall–Kier alpha value is -1.62. The van der Waals surface area contributed by atoms with Crippen LogP contribution in [0.4, 0.5) is 11.4 Å². The molecule has 104 valence electrons. The minimum atomic E-state index is -0.324. The van der Waals surface area contributed by atoms with E-state index >= 15 is 0 Å². The lowest BCUT2D eigenvalue weighted by Gasteiger charge is -2.43.